The summed E-state index contributed by atoms with van der Waals surface area (Å²) in [5, 5.41) is 12.6. The first kappa shape index (κ1) is 22.7. The number of aryl methyl sites for hydroxylation is 3. The lowest BCUT2D eigenvalue weighted by Gasteiger charge is -2.18. The quantitative estimate of drug-likeness (QED) is 0.437. The summed E-state index contributed by atoms with van der Waals surface area (Å²) in [5.74, 6) is 1.55. The largest absolute Gasteiger partial charge is 0.493 e. The van der Waals surface area contributed by atoms with Gasteiger partial charge in [0.2, 0.25) is 5.82 Å². The zero-order valence-corrected chi connectivity index (χ0v) is 19.6. The fourth-order valence-corrected chi connectivity index (χ4v) is 4.11. The van der Waals surface area contributed by atoms with Crippen LogP contribution in [0.2, 0.25) is 0 Å². The van der Waals surface area contributed by atoms with Crippen molar-refractivity contribution in [1.82, 2.24) is 30.1 Å². The molecule has 0 aliphatic carbocycles. The highest BCUT2D eigenvalue weighted by molar-refractivity contribution is 5.93. The number of pyridine rings is 1. The molecule has 3 heterocycles. The monoisotopic (exact) mass is 449 g/mol. The van der Waals surface area contributed by atoms with Crippen LogP contribution in [0.5, 0.6) is 5.75 Å². The molecule has 2 amide bonds. The minimum atomic E-state index is 0.0808. The van der Waals surface area contributed by atoms with Crippen LogP contribution in [-0.4, -0.2) is 62.4 Å². The first-order chi connectivity index (χ1) is 16.1. The number of ether oxygens (including phenoxy) is 1. The highest BCUT2D eigenvalue weighted by Crippen LogP contribution is 2.29. The molecule has 9 heteroatoms. The van der Waals surface area contributed by atoms with Gasteiger partial charge in [0.15, 0.2) is 0 Å². The van der Waals surface area contributed by atoms with E-state index in [1.165, 1.54) is 0 Å². The molecule has 2 aromatic heterocycles. The van der Waals surface area contributed by atoms with Gasteiger partial charge >= 0.3 is 6.03 Å². The molecule has 33 heavy (non-hydrogen) atoms. The number of rotatable bonds is 10. The van der Waals surface area contributed by atoms with Crippen LogP contribution < -0.4 is 9.64 Å². The van der Waals surface area contributed by atoms with Crippen molar-refractivity contribution in [3.63, 3.8) is 0 Å². The highest BCUT2D eigenvalue weighted by atomic mass is 16.5. The Kier molecular flexibility index (Phi) is 7.16. The van der Waals surface area contributed by atoms with Gasteiger partial charge < -0.3 is 9.64 Å². The summed E-state index contributed by atoms with van der Waals surface area (Å²) in [6.07, 6.45) is 6.36. The van der Waals surface area contributed by atoms with E-state index in [4.69, 9.17) is 4.74 Å². The van der Waals surface area contributed by atoms with Gasteiger partial charge in [-0.05, 0) is 80.6 Å². The van der Waals surface area contributed by atoms with Gasteiger partial charge in [0, 0.05) is 43.3 Å². The first-order valence-corrected chi connectivity index (χ1v) is 11.6. The number of carbonyl (C=O) groups is 1. The third-order valence-corrected chi connectivity index (χ3v) is 5.84. The molecule has 1 aliphatic rings. The van der Waals surface area contributed by atoms with Gasteiger partial charge in [0.25, 0.3) is 0 Å². The van der Waals surface area contributed by atoms with Gasteiger partial charge in [0.05, 0.1) is 13.2 Å². The Morgan fingerprint density at radius 1 is 1.03 bits per heavy atom. The van der Waals surface area contributed by atoms with Gasteiger partial charge in [-0.2, -0.15) is 4.80 Å². The average molecular weight is 450 g/mol. The zero-order chi connectivity index (χ0) is 23.2. The van der Waals surface area contributed by atoms with Gasteiger partial charge in [-0.15, -0.1) is 10.2 Å². The lowest BCUT2D eigenvalue weighted by molar-refractivity contribution is 0.219. The molecule has 1 aliphatic heterocycles. The SMILES string of the molecule is CCn1nnc(-c2cc(C)c(OCCCCCN3CCN(c4ccncc4)C3=O)c(C)c2)n1. The average Bonchev–Trinajstić information content (AvgIpc) is 3.45. The molecule has 0 atom stereocenters. The molecular weight excluding hydrogens is 418 g/mol. The van der Waals surface area contributed by atoms with E-state index in [-0.39, 0.29) is 6.03 Å². The Hall–Kier alpha value is -3.49. The van der Waals surface area contributed by atoms with E-state index in [0.29, 0.717) is 19.0 Å². The molecule has 0 unspecified atom stereocenters. The number of benzene rings is 1. The maximum Gasteiger partial charge on any atom is 0.324 e. The number of amides is 2. The maximum atomic E-state index is 12.6. The lowest BCUT2D eigenvalue weighted by Crippen LogP contribution is -2.32. The van der Waals surface area contributed by atoms with Gasteiger partial charge in [0.1, 0.15) is 5.75 Å². The predicted octanol–water partition coefficient (Wildman–Crippen LogP) is 3.86. The third-order valence-electron chi connectivity index (χ3n) is 5.84. The summed E-state index contributed by atoms with van der Waals surface area (Å²) in [4.78, 5) is 22.0. The molecule has 0 bridgehead atoms. The van der Waals surface area contributed by atoms with Gasteiger partial charge in [-0.1, -0.05) is 0 Å². The standard InChI is InChI=1S/C24H31N7O2/c1-4-31-27-23(26-28-31)20-16-18(2)22(19(3)17-20)33-15-7-5-6-12-29-13-14-30(24(29)32)21-8-10-25-11-9-21/h8-11,16-17H,4-7,12-15H2,1-3H3. The summed E-state index contributed by atoms with van der Waals surface area (Å²) in [7, 11) is 0. The fourth-order valence-electron chi connectivity index (χ4n) is 4.11. The molecule has 3 aromatic rings. The van der Waals surface area contributed by atoms with Crippen LogP contribution in [0.4, 0.5) is 10.5 Å². The summed E-state index contributed by atoms with van der Waals surface area (Å²) in [6.45, 7) is 9.70. The Labute approximate surface area is 194 Å². The molecule has 1 saturated heterocycles. The van der Waals surface area contributed by atoms with Crippen molar-refractivity contribution >= 4 is 11.7 Å². The van der Waals surface area contributed by atoms with Crippen LogP contribution in [0.25, 0.3) is 11.4 Å². The number of aromatic nitrogens is 5. The molecule has 9 nitrogen and oxygen atoms in total. The molecule has 0 spiro atoms. The lowest BCUT2D eigenvalue weighted by atomic mass is 10.1. The van der Waals surface area contributed by atoms with Crippen LogP contribution >= 0.6 is 0 Å². The van der Waals surface area contributed by atoms with Crippen LogP contribution in [-0.2, 0) is 6.54 Å². The second kappa shape index (κ2) is 10.4. The minimum Gasteiger partial charge on any atom is -0.493 e. The second-order valence-corrected chi connectivity index (χ2v) is 8.28. The molecule has 4 rings (SSSR count). The molecule has 174 valence electrons. The van der Waals surface area contributed by atoms with Crippen molar-refractivity contribution in [3.05, 3.63) is 47.8 Å². The Morgan fingerprint density at radius 3 is 2.48 bits per heavy atom. The topological polar surface area (TPSA) is 89.3 Å². The van der Waals surface area contributed by atoms with Crippen molar-refractivity contribution < 1.29 is 9.53 Å². The molecule has 1 fully saturated rings. The fraction of sp³-hybridized carbons (Fsp3) is 0.458. The van der Waals surface area contributed by atoms with Crippen LogP contribution in [0.1, 0.15) is 37.3 Å². The molecule has 0 N–H and O–H groups in total. The van der Waals surface area contributed by atoms with Crippen molar-refractivity contribution in [3.8, 4) is 17.1 Å². The van der Waals surface area contributed by atoms with Gasteiger partial charge in [-0.3, -0.25) is 9.88 Å². The molecule has 1 aromatic carbocycles. The van der Waals surface area contributed by atoms with E-state index in [1.807, 2.05) is 54.8 Å². The molecule has 0 saturated carbocycles. The van der Waals surface area contributed by atoms with E-state index in [1.54, 1.807) is 17.2 Å². The number of nitrogens with zero attached hydrogens (tertiary/aromatic N) is 7. The summed E-state index contributed by atoms with van der Waals surface area (Å²) >= 11 is 0. The number of unbranched alkanes of at least 4 members (excludes halogenated alkanes) is 2. The van der Waals surface area contributed by atoms with E-state index in [2.05, 4.69) is 20.4 Å². The number of urea groups is 1. The van der Waals surface area contributed by atoms with Crippen molar-refractivity contribution in [2.24, 2.45) is 0 Å². The number of hydrogen-bond donors (Lipinski definition) is 0. The first-order valence-electron chi connectivity index (χ1n) is 11.6. The number of carbonyl (C=O) groups excluding carboxylic acids is 1. The van der Waals surface area contributed by atoms with Crippen molar-refractivity contribution in [2.75, 3.05) is 31.1 Å². The smallest absolute Gasteiger partial charge is 0.324 e. The van der Waals surface area contributed by atoms with Crippen molar-refractivity contribution in [2.45, 2.75) is 46.6 Å². The minimum absolute atomic E-state index is 0.0808. The number of anilines is 1. The molecule has 0 radical (unpaired) electrons. The predicted molar refractivity (Wildman–Crippen MR) is 126 cm³/mol. The second-order valence-electron chi connectivity index (χ2n) is 8.28. The normalized spacial score (nSPS) is 13.7. The van der Waals surface area contributed by atoms with Crippen LogP contribution in [0, 0.1) is 13.8 Å². The van der Waals surface area contributed by atoms with E-state index >= 15 is 0 Å². The number of tetrazole rings is 1. The molecular formula is C24H31N7O2. The van der Waals surface area contributed by atoms with E-state index < -0.39 is 0 Å². The summed E-state index contributed by atoms with van der Waals surface area (Å²) < 4.78 is 6.10. The maximum absolute atomic E-state index is 12.6. The van der Waals surface area contributed by atoms with Gasteiger partial charge in [-0.25, -0.2) is 4.79 Å². The third kappa shape index (κ3) is 5.30. The zero-order valence-electron chi connectivity index (χ0n) is 19.6. The Balaban J connectivity index is 1.21. The Morgan fingerprint density at radius 2 is 1.79 bits per heavy atom. The highest BCUT2D eigenvalue weighted by Gasteiger charge is 2.28. The number of hydrogen-bond acceptors (Lipinski definition) is 6. The van der Waals surface area contributed by atoms with E-state index in [9.17, 15) is 4.79 Å². The summed E-state index contributed by atoms with van der Waals surface area (Å²) in [6, 6.07) is 7.93. The van der Waals surface area contributed by atoms with Crippen molar-refractivity contribution in [1.29, 1.82) is 0 Å². The van der Waals surface area contributed by atoms with Crippen LogP contribution in [0.3, 0.4) is 0 Å². The Bertz CT molecular complexity index is 1060. The summed E-state index contributed by atoms with van der Waals surface area (Å²) in [5.41, 5.74) is 4.00. The van der Waals surface area contributed by atoms with Crippen LogP contribution in [0.15, 0.2) is 36.7 Å². The van der Waals surface area contributed by atoms with E-state index in [0.717, 1.165) is 67.0 Å².